The zero-order valence-corrected chi connectivity index (χ0v) is 19.6. The van der Waals surface area contributed by atoms with Gasteiger partial charge in [0.15, 0.2) is 6.23 Å². The number of carbonyl (C=O) groups excluding carboxylic acids is 2. The quantitative estimate of drug-likeness (QED) is 0.462. The molecular weight excluding hydrogens is 398 g/mol. The Kier molecular flexibility index (Phi) is 9.37. The van der Waals surface area contributed by atoms with E-state index in [1.54, 1.807) is 4.90 Å². The second-order valence-electron chi connectivity index (χ2n) is 8.93. The van der Waals surface area contributed by atoms with Crippen LogP contribution in [0.1, 0.15) is 32.6 Å². The van der Waals surface area contributed by atoms with E-state index in [0.717, 1.165) is 91.3 Å². The normalized spacial score (nSPS) is 26.9. The third-order valence-electron chi connectivity index (χ3n) is 7.07. The summed E-state index contributed by atoms with van der Waals surface area (Å²) in [6.45, 7) is 13.6. The molecule has 3 aliphatic heterocycles. The predicted octanol–water partition coefficient (Wildman–Crippen LogP) is 0.752. The number of esters is 1. The van der Waals surface area contributed by atoms with Gasteiger partial charge in [0.25, 0.3) is 0 Å². The lowest BCUT2D eigenvalue weighted by Gasteiger charge is -2.39. The van der Waals surface area contributed by atoms with Crippen LogP contribution in [-0.4, -0.2) is 135 Å². The molecule has 0 spiro atoms. The van der Waals surface area contributed by atoms with Crippen LogP contribution in [0, 0.1) is 0 Å². The van der Waals surface area contributed by atoms with E-state index in [4.69, 9.17) is 9.47 Å². The Morgan fingerprint density at radius 1 is 0.968 bits per heavy atom. The number of hydrogen-bond donors (Lipinski definition) is 0. The molecule has 2 unspecified atom stereocenters. The largest absolute Gasteiger partial charge is 0.469 e. The summed E-state index contributed by atoms with van der Waals surface area (Å²) in [6.07, 6.45) is 3.00. The van der Waals surface area contributed by atoms with Crippen molar-refractivity contribution in [2.75, 3.05) is 86.1 Å². The van der Waals surface area contributed by atoms with Gasteiger partial charge in [-0.1, -0.05) is 6.92 Å². The third-order valence-corrected chi connectivity index (χ3v) is 7.07. The first kappa shape index (κ1) is 24.2. The number of nitrogens with zero attached hydrogens (tertiary/aromatic N) is 5. The van der Waals surface area contributed by atoms with Crippen molar-refractivity contribution in [2.45, 2.75) is 44.9 Å². The van der Waals surface area contributed by atoms with E-state index < -0.39 is 0 Å². The molecule has 2 atom stereocenters. The highest BCUT2D eigenvalue weighted by Crippen LogP contribution is 2.26. The van der Waals surface area contributed by atoms with Crippen LogP contribution >= 0.6 is 0 Å². The predicted molar refractivity (Wildman–Crippen MR) is 119 cm³/mol. The van der Waals surface area contributed by atoms with Crippen molar-refractivity contribution < 1.29 is 19.1 Å². The van der Waals surface area contributed by atoms with Gasteiger partial charge in [-0.2, -0.15) is 0 Å². The van der Waals surface area contributed by atoms with Crippen molar-refractivity contribution in [2.24, 2.45) is 0 Å². The molecular formula is C22H41N5O4. The van der Waals surface area contributed by atoms with E-state index in [9.17, 15) is 9.59 Å². The molecule has 0 N–H and O–H groups in total. The molecule has 3 rings (SSSR count). The number of likely N-dealkylation sites (N-methyl/N-ethyl adjacent to an activating group) is 2. The standard InChI is InChI=1S/C22H41N5O4/c1-4-24-11-13-25(14-12-24)9-5-7-19-21(31-22(29)23(19)2)27-17-15-26(16-18-27)10-6-8-20(28)30-3/h19,21H,4-18H2,1-3H3. The summed E-state index contributed by atoms with van der Waals surface area (Å²) in [7, 11) is 3.31. The maximum Gasteiger partial charge on any atom is 0.411 e. The highest BCUT2D eigenvalue weighted by Gasteiger charge is 2.43. The number of amides is 1. The number of cyclic esters (lactones) is 1. The Morgan fingerprint density at radius 3 is 2.16 bits per heavy atom. The van der Waals surface area contributed by atoms with Gasteiger partial charge in [-0.25, -0.2) is 4.79 Å². The maximum absolute atomic E-state index is 12.3. The molecule has 0 bridgehead atoms. The first-order valence-corrected chi connectivity index (χ1v) is 11.9. The fourth-order valence-corrected chi connectivity index (χ4v) is 4.89. The number of hydrogen-bond acceptors (Lipinski definition) is 8. The third kappa shape index (κ3) is 6.78. The lowest BCUT2D eigenvalue weighted by Crippen LogP contribution is -2.54. The second kappa shape index (κ2) is 12.0. The molecule has 9 heteroatoms. The SMILES string of the molecule is CCN1CCN(CCCC2C(N3CCN(CCCC(=O)OC)CC3)OC(=O)N2C)CC1. The fraction of sp³-hybridized carbons (Fsp3) is 0.909. The van der Waals surface area contributed by atoms with Crippen LogP contribution in [0.25, 0.3) is 0 Å². The summed E-state index contributed by atoms with van der Waals surface area (Å²) in [5.74, 6) is -0.144. The molecule has 0 aromatic rings. The first-order valence-electron chi connectivity index (χ1n) is 11.9. The van der Waals surface area contributed by atoms with Crippen molar-refractivity contribution in [3.8, 4) is 0 Å². The van der Waals surface area contributed by atoms with Gasteiger partial charge in [0.1, 0.15) is 0 Å². The van der Waals surface area contributed by atoms with Crippen LogP contribution in [0.3, 0.4) is 0 Å². The highest BCUT2D eigenvalue weighted by molar-refractivity contribution is 5.70. The van der Waals surface area contributed by atoms with E-state index in [0.29, 0.717) is 6.42 Å². The fourth-order valence-electron chi connectivity index (χ4n) is 4.89. The minimum atomic E-state index is -0.202. The topological polar surface area (TPSA) is 68.8 Å². The molecule has 0 aromatic carbocycles. The van der Waals surface area contributed by atoms with E-state index in [1.165, 1.54) is 7.11 Å². The van der Waals surface area contributed by atoms with Crippen molar-refractivity contribution in [1.82, 2.24) is 24.5 Å². The van der Waals surface area contributed by atoms with Crippen molar-refractivity contribution in [3.63, 3.8) is 0 Å². The van der Waals surface area contributed by atoms with E-state index in [-0.39, 0.29) is 24.3 Å². The average Bonchev–Trinajstić information content (AvgIpc) is 3.08. The second-order valence-corrected chi connectivity index (χ2v) is 8.93. The molecule has 178 valence electrons. The van der Waals surface area contributed by atoms with Crippen LogP contribution in [0.4, 0.5) is 4.79 Å². The molecule has 3 heterocycles. The van der Waals surface area contributed by atoms with E-state index in [2.05, 4.69) is 26.5 Å². The van der Waals surface area contributed by atoms with E-state index in [1.807, 2.05) is 7.05 Å². The number of piperazine rings is 2. The van der Waals surface area contributed by atoms with Gasteiger partial charge in [-0.3, -0.25) is 9.69 Å². The Morgan fingerprint density at radius 2 is 1.55 bits per heavy atom. The molecule has 0 aromatic heterocycles. The maximum atomic E-state index is 12.3. The zero-order valence-electron chi connectivity index (χ0n) is 19.6. The van der Waals surface area contributed by atoms with Crippen LogP contribution in [-0.2, 0) is 14.3 Å². The van der Waals surface area contributed by atoms with Crippen molar-refractivity contribution in [1.29, 1.82) is 0 Å². The van der Waals surface area contributed by atoms with Gasteiger partial charge in [-0.05, 0) is 38.9 Å². The Balaban J connectivity index is 1.40. The minimum absolute atomic E-state index is 0.121. The van der Waals surface area contributed by atoms with Crippen LogP contribution in [0.15, 0.2) is 0 Å². The summed E-state index contributed by atoms with van der Waals surface area (Å²) in [6, 6.07) is 0.121. The number of methoxy groups -OCH3 is 1. The zero-order chi connectivity index (χ0) is 22.2. The monoisotopic (exact) mass is 439 g/mol. The average molecular weight is 440 g/mol. The Labute approximate surface area is 187 Å². The summed E-state index contributed by atoms with van der Waals surface area (Å²) < 4.78 is 10.5. The molecule has 1 amide bonds. The smallest absolute Gasteiger partial charge is 0.411 e. The molecule has 31 heavy (non-hydrogen) atoms. The Hall–Kier alpha value is -1.42. The molecule has 3 aliphatic rings. The molecule has 0 saturated carbocycles. The van der Waals surface area contributed by atoms with Gasteiger partial charge >= 0.3 is 12.1 Å². The van der Waals surface area contributed by atoms with Crippen molar-refractivity contribution in [3.05, 3.63) is 0 Å². The molecule has 3 saturated heterocycles. The summed E-state index contributed by atoms with van der Waals surface area (Å²) in [5.41, 5.74) is 0. The summed E-state index contributed by atoms with van der Waals surface area (Å²) >= 11 is 0. The minimum Gasteiger partial charge on any atom is -0.469 e. The molecule has 0 radical (unpaired) electrons. The van der Waals surface area contributed by atoms with Crippen LogP contribution in [0.5, 0.6) is 0 Å². The van der Waals surface area contributed by atoms with Gasteiger partial charge < -0.3 is 29.1 Å². The summed E-state index contributed by atoms with van der Waals surface area (Å²) in [4.78, 5) is 35.1. The number of carbonyl (C=O) groups is 2. The number of ether oxygens (including phenoxy) is 2. The van der Waals surface area contributed by atoms with Gasteiger partial charge in [0.2, 0.25) is 0 Å². The van der Waals surface area contributed by atoms with Gasteiger partial charge in [0.05, 0.1) is 13.2 Å². The van der Waals surface area contributed by atoms with Gasteiger partial charge in [-0.15, -0.1) is 0 Å². The first-order chi connectivity index (χ1) is 15.0. The Bertz CT molecular complexity index is 576. The molecule has 9 nitrogen and oxygen atoms in total. The molecule has 0 aliphatic carbocycles. The van der Waals surface area contributed by atoms with Crippen LogP contribution < -0.4 is 0 Å². The highest BCUT2D eigenvalue weighted by atomic mass is 16.6. The number of rotatable bonds is 10. The lowest BCUT2D eigenvalue weighted by molar-refractivity contribution is -0.140. The van der Waals surface area contributed by atoms with Crippen molar-refractivity contribution >= 4 is 12.1 Å². The van der Waals surface area contributed by atoms with Gasteiger partial charge in [0, 0.05) is 65.8 Å². The van der Waals surface area contributed by atoms with Crippen LogP contribution in [0.2, 0.25) is 0 Å². The summed E-state index contributed by atoms with van der Waals surface area (Å²) in [5, 5.41) is 0. The lowest BCUT2D eigenvalue weighted by atomic mass is 10.1. The van der Waals surface area contributed by atoms with E-state index >= 15 is 0 Å². The molecule has 3 fully saturated rings.